The van der Waals surface area contributed by atoms with E-state index in [-0.39, 0.29) is 5.54 Å². The minimum atomic E-state index is -0.105. The van der Waals surface area contributed by atoms with Crippen LogP contribution in [0.15, 0.2) is 12.1 Å². The van der Waals surface area contributed by atoms with Gasteiger partial charge in [-0.2, -0.15) is 4.98 Å². The lowest BCUT2D eigenvalue weighted by Crippen LogP contribution is -2.43. The molecule has 3 N–H and O–H groups in total. The van der Waals surface area contributed by atoms with Gasteiger partial charge in [-0.3, -0.25) is 0 Å². The van der Waals surface area contributed by atoms with Crippen LogP contribution in [0.2, 0.25) is 0 Å². The maximum Gasteiger partial charge on any atom is 0.215 e. The molecular formula is C12H19N3O2. The summed E-state index contributed by atoms with van der Waals surface area (Å²) in [4.78, 5) is 4.32. The molecular weight excluding hydrogens is 218 g/mol. The molecule has 0 aliphatic carbocycles. The fraction of sp³-hybridized carbons (Fsp3) is 0.583. The molecule has 17 heavy (non-hydrogen) atoms. The maximum absolute atomic E-state index is 5.90. The van der Waals surface area contributed by atoms with E-state index in [0.717, 1.165) is 19.4 Å². The normalized spacial score (nSPS) is 24.4. The van der Waals surface area contributed by atoms with Gasteiger partial charge in [0.1, 0.15) is 0 Å². The number of pyridine rings is 1. The Kier molecular flexibility index (Phi) is 3.38. The minimum absolute atomic E-state index is 0.105. The number of ether oxygens (including phenoxy) is 2. The second-order valence-electron chi connectivity index (χ2n) is 4.63. The monoisotopic (exact) mass is 237 g/mol. The predicted molar refractivity (Wildman–Crippen MR) is 67.3 cm³/mol. The zero-order valence-electron chi connectivity index (χ0n) is 10.3. The molecule has 1 unspecified atom stereocenters. The van der Waals surface area contributed by atoms with Crippen LogP contribution in [-0.4, -0.2) is 30.8 Å². The van der Waals surface area contributed by atoms with Gasteiger partial charge >= 0.3 is 0 Å². The third kappa shape index (κ3) is 2.79. The molecule has 0 aromatic carbocycles. The molecule has 5 nitrogen and oxygen atoms in total. The Labute approximate surface area is 101 Å². The van der Waals surface area contributed by atoms with Gasteiger partial charge in [-0.05, 0) is 25.8 Å². The van der Waals surface area contributed by atoms with Crippen molar-refractivity contribution in [2.75, 3.05) is 31.4 Å². The van der Waals surface area contributed by atoms with Crippen molar-refractivity contribution < 1.29 is 9.47 Å². The van der Waals surface area contributed by atoms with Gasteiger partial charge < -0.3 is 20.5 Å². The molecule has 0 saturated carbocycles. The van der Waals surface area contributed by atoms with Gasteiger partial charge in [-0.1, -0.05) is 0 Å². The van der Waals surface area contributed by atoms with Gasteiger partial charge in [-0.15, -0.1) is 0 Å². The summed E-state index contributed by atoms with van der Waals surface area (Å²) >= 11 is 0. The molecule has 1 atom stereocenters. The number of nitrogens with two attached hydrogens (primary N) is 1. The highest BCUT2D eigenvalue weighted by Crippen LogP contribution is 2.27. The molecule has 1 fully saturated rings. The largest absolute Gasteiger partial charge is 0.481 e. The number of hydrogen-bond donors (Lipinski definition) is 2. The van der Waals surface area contributed by atoms with Crippen LogP contribution in [0, 0.1) is 0 Å². The molecule has 5 heteroatoms. The molecule has 1 aliphatic rings. The van der Waals surface area contributed by atoms with Crippen LogP contribution in [0.4, 0.5) is 11.5 Å². The number of rotatable bonds is 3. The smallest absolute Gasteiger partial charge is 0.215 e. The molecule has 0 amide bonds. The number of nitrogen functional groups attached to an aromatic ring is 1. The summed E-state index contributed by atoms with van der Waals surface area (Å²) in [5.41, 5.74) is 6.42. The topological polar surface area (TPSA) is 69.4 Å². The van der Waals surface area contributed by atoms with E-state index in [9.17, 15) is 0 Å². The molecule has 1 saturated heterocycles. The standard InChI is InChI=1S/C12H19N3O2/c1-12(6-3-7-17-8-12)15-11-9(13)4-5-10(14-11)16-2/h4-5H,3,6-8,13H2,1-2H3,(H,14,15). The van der Waals surface area contributed by atoms with E-state index in [0.29, 0.717) is 24.0 Å². The second kappa shape index (κ2) is 4.79. The van der Waals surface area contributed by atoms with Gasteiger partial charge in [0.05, 0.1) is 24.9 Å². The Morgan fingerprint density at radius 3 is 3.00 bits per heavy atom. The first-order valence-corrected chi connectivity index (χ1v) is 5.79. The average molecular weight is 237 g/mol. The van der Waals surface area contributed by atoms with Crippen molar-refractivity contribution in [3.8, 4) is 5.88 Å². The summed E-state index contributed by atoms with van der Waals surface area (Å²) in [6.07, 6.45) is 2.10. The highest BCUT2D eigenvalue weighted by molar-refractivity contribution is 5.63. The molecule has 94 valence electrons. The lowest BCUT2D eigenvalue weighted by molar-refractivity contribution is 0.0539. The summed E-state index contributed by atoms with van der Waals surface area (Å²) in [7, 11) is 1.59. The summed E-state index contributed by atoms with van der Waals surface area (Å²) in [5, 5.41) is 3.36. The van der Waals surface area contributed by atoms with Crippen molar-refractivity contribution in [3.63, 3.8) is 0 Å². The maximum atomic E-state index is 5.90. The van der Waals surface area contributed by atoms with E-state index < -0.39 is 0 Å². The first-order chi connectivity index (χ1) is 8.13. The fourth-order valence-corrected chi connectivity index (χ4v) is 1.98. The SMILES string of the molecule is COc1ccc(N)c(NC2(C)CCCOC2)n1. The van der Waals surface area contributed by atoms with E-state index in [1.54, 1.807) is 19.2 Å². The number of methoxy groups -OCH3 is 1. The summed E-state index contributed by atoms with van der Waals surface area (Å²) in [6, 6.07) is 3.54. The predicted octanol–water partition coefficient (Wildman–Crippen LogP) is 1.65. The van der Waals surface area contributed by atoms with Crippen molar-refractivity contribution in [2.45, 2.75) is 25.3 Å². The molecule has 0 bridgehead atoms. The molecule has 2 heterocycles. The number of nitrogens with zero attached hydrogens (tertiary/aromatic N) is 1. The third-order valence-electron chi connectivity index (χ3n) is 2.97. The van der Waals surface area contributed by atoms with Gasteiger partial charge in [0.2, 0.25) is 5.88 Å². The zero-order chi connectivity index (χ0) is 12.3. The molecule has 1 aromatic heterocycles. The highest BCUT2D eigenvalue weighted by atomic mass is 16.5. The lowest BCUT2D eigenvalue weighted by Gasteiger charge is -2.35. The molecule has 0 radical (unpaired) electrons. The molecule has 0 spiro atoms. The number of anilines is 2. The van der Waals surface area contributed by atoms with Crippen molar-refractivity contribution in [1.82, 2.24) is 4.98 Å². The van der Waals surface area contributed by atoms with E-state index in [1.807, 2.05) is 0 Å². The van der Waals surface area contributed by atoms with Crippen molar-refractivity contribution >= 4 is 11.5 Å². The van der Waals surface area contributed by atoms with E-state index >= 15 is 0 Å². The van der Waals surface area contributed by atoms with Crippen LogP contribution in [-0.2, 0) is 4.74 Å². The van der Waals surface area contributed by atoms with Gasteiger partial charge in [0.25, 0.3) is 0 Å². The summed E-state index contributed by atoms with van der Waals surface area (Å²) in [5.74, 6) is 1.22. The van der Waals surface area contributed by atoms with Crippen LogP contribution in [0.3, 0.4) is 0 Å². The second-order valence-corrected chi connectivity index (χ2v) is 4.63. The molecule has 1 aromatic rings. The Bertz CT molecular complexity index is 389. The third-order valence-corrected chi connectivity index (χ3v) is 2.97. The lowest BCUT2D eigenvalue weighted by atomic mass is 9.95. The van der Waals surface area contributed by atoms with Gasteiger partial charge in [-0.25, -0.2) is 0 Å². The van der Waals surface area contributed by atoms with Crippen LogP contribution in [0.1, 0.15) is 19.8 Å². The highest BCUT2D eigenvalue weighted by Gasteiger charge is 2.28. The van der Waals surface area contributed by atoms with Crippen LogP contribution in [0.25, 0.3) is 0 Å². The van der Waals surface area contributed by atoms with E-state index in [4.69, 9.17) is 15.2 Å². The van der Waals surface area contributed by atoms with Crippen LogP contribution < -0.4 is 15.8 Å². The average Bonchev–Trinajstić information content (AvgIpc) is 2.33. The van der Waals surface area contributed by atoms with Crippen molar-refractivity contribution in [3.05, 3.63) is 12.1 Å². The quantitative estimate of drug-likeness (QED) is 0.836. The minimum Gasteiger partial charge on any atom is -0.481 e. The van der Waals surface area contributed by atoms with Gasteiger partial charge in [0.15, 0.2) is 5.82 Å². The van der Waals surface area contributed by atoms with Crippen LogP contribution in [0.5, 0.6) is 5.88 Å². The number of nitrogens with one attached hydrogen (secondary N) is 1. The first-order valence-electron chi connectivity index (χ1n) is 5.79. The van der Waals surface area contributed by atoms with Crippen molar-refractivity contribution in [1.29, 1.82) is 0 Å². The summed E-state index contributed by atoms with van der Waals surface area (Å²) < 4.78 is 10.6. The Morgan fingerprint density at radius 2 is 2.35 bits per heavy atom. The zero-order valence-corrected chi connectivity index (χ0v) is 10.3. The molecule has 1 aliphatic heterocycles. The van der Waals surface area contributed by atoms with E-state index in [1.165, 1.54) is 0 Å². The number of aromatic nitrogens is 1. The van der Waals surface area contributed by atoms with E-state index in [2.05, 4.69) is 17.2 Å². The Balaban J connectivity index is 2.16. The van der Waals surface area contributed by atoms with Gasteiger partial charge in [0, 0.05) is 12.7 Å². The Morgan fingerprint density at radius 1 is 1.53 bits per heavy atom. The fourth-order valence-electron chi connectivity index (χ4n) is 1.98. The molecule has 2 rings (SSSR count). The first kappa shape index (κ1) is 12.0. The van der Waals surface area contributed by atoms with Crippen molar-refractivity contribution in [2.24, 2.45) is 0 Å². The summed E-state index contributed by atoms with van der Waals surface area (Å²) in [6.45, 7) is 3.62. The Hall–Kier alpha value is -1.49. The number of hydrogen-bond acceptors (Lipinski definition) is 5. The van der Waals surface area contributed by atoms with Crippen LogP contribution >= 0.6 is 0 Å².